The summed E-state index contributed by atoms with van der Waals surface area (Å²) in [6, 6.07) is 22.4. The fraction of sp³-hybridized carbons (Fsp3) is 0.259. The first-order chi connectivity index (χ1) is 15.1. The summed E-state index contributed by atoms with van der Waals surface area (Å²) in [6.45, 7) is 3.41. The van der Waals surface area contributed by atoms with Crippen molar-refractivity contribution >= 4 is 11.8 Å². The van der Waals surface area contributed by atoms with E-state index >= 15 is 0 Å². The van der Waals surface area contributed by atoms with Gasteiger partial charge in [-0.1, -0.05) is 48.5 Å². The zero-order valence-electron chi connectivity index (χ0n) is 17.7. The lowest BCUT2D eigenvalue weighted by Crippen LogP contribution is -2.37. The van der Waals surface area contributed by atoms with Gasteiger partial charge in [-0.05, 0) is 72.2 Å². The number of amides is 2. The number of rotatable bonds is 5. The number of nitrogens with zero attached hydrogens (tertiary/aromatic N) is 1. The largest absolute Gasteiger partial charge is 0.349 e. The van der Waals surface area contributed by atoms with Crippen LogP contribution in [0.4, 0.5) is 0 Å². The standard InChI is InChI=1S/C27H26N2O2/c1-18-7-8-22(26(30)28-23-10-11-23)16-25(18)20-9-12-24-21(15-20)13-14-29(27(24)31)17-19-5-3-2-4-6-19/h2-9,12,15-16,23H,10-11,13-14,17H2,1H3,(H,28,30). The van der Waals surface area contributed by atoms with Crippen molar-refractivity contribution in [3.63, 3.8) is 0 Å². The van der Waals surface area contributed by atoms with Gasteiger partial charge in [-0.15, -0.1) is 0 Å². The molecular formula is C27H26N2O2. The van der Waals surface area contributed by atoms with Gasteiger partial charge >= 0.3 is 0 Å². The molecule has 4 nitrogen and oxygen atoms in total. The predicted octanol–water partition coefficient (Wildman–Crippen LogP) is 4.75. The van der Waals surface area contributed by atoms with Crippen molar-refractivity contribution in [1.82, 2.24) is 10.2 Å². The molecule has 156 valence electrons. The Morgan fingerprint density at radius 3 is 2.58 bits per heavy atom. The second-order valence-corrected chi connectivity index (χ2v) is 8.61. The van der Waals surface area contributed by atoms with Gasteiger partial charge in [-0.3, -0.25) is 9.59 Å². The zero-order chi connectivity index (χ0) is 21.4. The molecular weight excluding hydrogens is 384 g/mol. The molecule has 2 aliphatic rings. The minimum Gasteiger partial charge on any atom is -0.349 e. The van der Waals surface area contributed by atoms with Crippen LogP contribution in [-0.4, -0.2) is 29.3 Å². The Hall–Kier alpha value is -3.40. The summed E-state index contributed by atoms with van der Waals surface area (Å²) in [7, 11) is 0. The second-order valence-electron chi connectivity index (χ2n) is 8.61. The Morgan fingerprint density at radius 1 is 1.00 bits per heavy atom. The molecule has 0 unspecified atom stereocenters. The number of benzene rings is 3. The lowest BCUT2D eigenvalue weighted by atomic mass is 9.91. The van der Waals surface area contributed by atoms with Gasteiger partial charge in [-0.25, -0.2) is 0 Å². The van der Waals surface area contributed by atoms with Crippen molar-refractivity contribution < 1.29 is 9.59 Å². The van der Waals surface area contributed by atoms with Gasteiger partial charge in [-0.2, -0.15) is 0 Å². The molecule has 0 spiro atoms. The summed E-state index contributed by atoms with van der Waals surface area (Å²) in [6.07, 6.45) is 2.98. The molecule has 2 amide bonds. The van der Waals surface area contributed by atoms with E-state index in [9.17, 15) is 9.59 Å². The van der Waals surface area contributed by atoms with Crippen LogP contribution in [0.5, 0.6) is 0 Å². The third-order valence-electron chi connectivity index (χ3n) is 6.21. The number of hydrogen-bond donors (Lipinski definition) is 1. The monoisotopic (exact) mass is 410 g/mol. The quantitative estimate of drug-likeness (QED) is 0.660. The number of carbonyl (C=O) groups is 2. The number of nitrogens with one attached hydrogen (secondary N) is 1. The van der Waals surface area contributed by atoms with E-state index in [2.05, 4.69) is 30.4 Å². The predicted molar refractivity (Wildman–Crippen MR) is 122 cm³/mol. The third kappa shape index (κ3) is 4.11. The first kappa shape index (κ1) is 19.6. The highest BCUT2D eigenvalue weighted by Gasteiger charge is 2.26. The number of aryl methyl sites for hydroxylation is 1. The summed E-state index contributed by atoms with van der Waals surface area (Å²) in [5, 5.41) is 3.06. The molecule has 0 saturated heterocycles. The van der Waals surface area contributed by atoms with E-state index in [-0.39, 0.29) is 11.8 Å². The van der Waals surface area contributed by atoms with Crippen molar-refractivity contribution in [3.8, 4) is 11.1 Å². The minimum absolute atomic E-state index is 0.00607. The van der Waals surface area contributed by atoms with E-state index in [0.717, 1.165) is 52.6 Å². The van der Waals surface area contributed by atoms with Crippen LogP contribution in [0.3, 0.4) is 0 Å². The maximum atomic E-state index is 13.1. The molecule has 1 fully saturated rings. The highest BCUT2D eigenvalue weighted by atomic mass is 16.2. The highest BCUT2D eigenvalue weighted by Crippen LogP contribution is 2.30. The van der Waals surface area contributed by atoms with Crippen LogP contribution in [0.25, 0.3) is 11.1 Å². The Labute approximate surface area is 182 Å². The van der Waals surface area contributed by atoms with Crippen LogP contribution >= 0.6 is 0 Å². The van der Waals surface area contributed by atoms with Crippen LogP contribution in [0.1, 0.15) is 50.2 Å². The maximum Gasteiger partial charge on any atom is 0.254 e. The molecule has 31 heavy (non-hydrogen) atoms. The molecule has 4 heteroatoms. The molecule has 3 aromatic carbocycles. The summed E-state index contributed by atoms with van der Waals surface area (Å²) >= 11 is 0. The van der Waals surface area contributed by atoms with Crippen molar-refractivity contribution in [2.45, 2.75) is 38.8 Å². The van der Waals surface area contributed by atoms with Crippen LogP contribution < -0.4 is 5.32 Å². The molecule has 1 N–H and O–H groups in total. The molecule has 0 aromatic heterocycles. The molecule has 1 aliphatic heterocycles. The van der Waals surface area contributed by atoms with E-state index in [1.165, 1.54) is 0 Å². The molecule has 0 atom stereocenters. The highest BCUT2D eigenvalue weighted by molar-refractivity contribution is 5.98. The smallest absolute Gasteiger partial charge is 0.254 e. The topological polar surface area (TPSA) is 49.4 Å². The fourth-order valence-corrected chi connectivity index (χ4v) is 4.23. The molecule has 3 aromatic rings. The molecule has 0 bridgehead atoms. The Balaban J connectivity index is 1.40. The van der Waals surface area contributed by atoms with Crippen molar-refractivity contribution in [1.29, 1.82) is 0 Å². The van der Waals surface area contributed by atoms with E-state index in [0.29, 0.717) is 24.7 Å². The van der Waals surface area contributed by atoms with Gasteiger partial charge in [0.05, 0.1) is 0 Å². The minimum atomic E-state index is -0.00607. The van der Waals surface area contributed by atoms with E-state index in [1.54, 1.807) is 0 Å². The fourth-order valence-electron chi connectivity index (χ4n) is 4.23. The molecule has 1 heterocycles. The van der Waals surface area contributed by atoms with E-state index < -0.39 is 0 Å². The second kappa shape index (κ2) is 8.03. The van der Waals surface area contributed by atoms with Gasteiger partial charge < -0.3 is 10.2 Å². The van der Waals surface area contributed by atoms with Crippen molar-refractivity contribution in [2.75, 3.05) is 6.54 Å². The number of hydrogen-bond acceptors (Lipinski definition) is 2. The summed E-state index contributed by atoms with van der Waals surface area (Å²) in [5.74, 6) is 0.0828. The third-order valence-corrected chi connectivity index (χ3v) is 6.21. The molecule has 0 radical (unpaired) electrons. The average molecular weight is 411 g/mol. The van der Waals surface area contributed by atoms with Gasteiger partial charge in [0.15, 0.2) is 0 Å². The van der Waals surface area contributed by atoms with Crippen LogP contribution in [-0.2, 0) is 13.0 Å². The Kier molecular flexibility index (Phi) is 5.06. The van der Waals surface area contributed by atoms with Crippen LogP contribution in [0.15, 0.2) is 66.7 Å². The summed E-state index contributed by atoms with van der Waals surface area (Å²) in [4.78, 5) is 27.5. The summed E-state index contributed by atoms with van der Waals surface area (Å²) in [5.41, 5.74) is 6.93. The first-order valence-electron chi connectivity index (χ1n) is 11.0. The van der Waals surface area contributed by atoms with E-state index in [1.807, 2.05) is 53.4 Å². The average Bonchev–Trinajstić information content (AvgIpc) is 3.60. The van der Waals surface area contributed by atoms with Gasteiger partial charge in [0.1, 0.15) is 0 Å². The lowest BCUT2D eigenvalue weighted by molar-refractivity contribution is 0.0727. The number of carbonyl (C=O) groups excluding carboxylic acids is 2. The zero-order valence-corrected chi connectivity index (χ0v) is 17.7. The first-order valence-corrected chi connectivity index (χ1v) is 11.0. The SMILES string of the molecule is Cc1ccc(C(=O)NC2CC2)cc1-c1ccc2c(c1)CCN(Cc1ccccc1)C2=O. The van der Waals surface area contributed by atoms with Crippen molar-refractivity contribution in [3.05, 3.63) is 94.5 Å². The Bertz CT molecular complexity index is 1150. The maximum absolute atomic E-state index is 13.1. The lowest BCUT2D eigenvalue weighted by Gasteiger charge is -2.29. The van der Waals surface area contributed by atoms with Crippen molar-refractivity contribution in [2.24, 2.45) is 0 Å². The summed E-state index contributed by atoms with van der Waals surface area (Å²) < 4.78 is 0. The van der Waals surface area contributed by atoms with Crippen LogP contribution in [0, 0.1) is 6.92 Å². The van der Waals surface area contributed by atoms with Gasteiger partial charge in [0.25, 0.3) is 11.8 Å². The number of fused-ring (bicyclic) bond motifs is 1. The molecule has 1 saturated carbocycles. The van der Waals surface area contributed by atoms with Gasteiger partial charge in [0.2, 0.25) is 0 Å². The van der Waals surface area contributed by atoms with E-state index in [4.69, 9.17) is 0 Å². The molecule has 5 rings (SSSR count). The van der Waals surface area contributed by atoms with Gasteiger partial charge in [0, 0.05) is 30.3 Å². The molecule has 1 aliphatic carbocycles. The van der Waals surface area contributed by atoms with Crippen LogP contribution in [0.2, 0.25) is 0 Å². The normalized spacial score (nSPS) is 15.5. The Morgan fingerprint density at radius 2 is 1.81 bits per heavy atom.